The van der Waals surface area contributed by atoms with Crippen molar-refractivity contribution in [3.05, 3.63) is 59.7 Å². The van der Waals surface area contributed by atoms with Crippen LogP contribution < -0.4 is 9.47 Å². The maximum atomic E-state index is 12.1. The molecule has 0 aromatic heterocycles. The zero-order valence-corrected chi connectivity index (χ0v) is 35.6. The molecule has 0 spiro atoms. The minimum atomic E-state index is -2.01. The van der Waals surface area contributed by atoms with Crippen LogP contribution in [0.3, 0.4) is 0 Å². The van der Waals surface area contributed by atoms with Gasteiger partial charge in [0.2, 0.25) is 0 Å². The summed E-state index contributed by atoms with van der Waals surface area (Å²) in [4.78, 5) is 24.1. The Morgan fingerprint density at radius 1 is 0.566 bits per heavy atom. The highest BCUT2D eigenvalue weighted by Crippen LogP contribution is 2.33. The van der Waals surface area contributed by atoms with Crippen molar-refractivity contribution in [2.24, 2.45) is 0 Å². The van der Waals surface area contributed by atoms with Crippen molar-refractivity contribution >= 4 is 52.6 Å². The lowest BCUT2D eigenvalue weighted by Crippen LogP contribution is -2.35. The van der Waals surface area contributed by atoms with E-state index in [2.05, 4.69) is 51.2 Å². The number of thioether (sulfide) groups is 2. The third-order valence-electron chi connectivity index (χ3n) is 8.85. The Bertz CT molecular complexity index is 1160. The van der Waals surface area contributed by atoms with Crippen molar-refractivity contribution in [2.45, 2.75) is 85.0 Å². The van der Waals surface area contributed by atoms with E-state index in [4.69, 9.17) is 36.7 Å². The number of ether oxygens (including phenoxy) is 4. The second-order valence-electron chi connectivity index (χ2n) is 12.8. The van der Waals surface area contributed by atoms with Crippen LogP contribution in [-0.2, 0) is 42.2 Å². The van der Waals surface area contributed by atoms with Crippen LogP contribution in [0.25, 0.3) is 0 Å². The summed E-state index contributed by atoms with van der Waals surface area (Å²) >= 11 is 3.49. The zero-order chi connectivity index (χ0) is 37.6. The Kier molecular flexibility index (Phi) is 26.5. The van der Waals surface area contributed by atoms with Crippen LogP contribution in [0.1, 0.15) is 65.5 Å². The van der Waals surface area contributed by atoms with Gasteiger partial charge in [0.25, 0.3) is 0 Å². The number of rotatable bonds is 28. The molecule has 0 heterocycles. The summed E-state index contributed by atoms with van der Waals surface area (Å²) in [5.74, 6) is 4.42. The molecule has 0 unspecified atom stereocenters. The van der Waals surface area contributed by atoms with Gasteiger partial charge in [-0.05, 0) is 84.9 Å². The minimum Gasteiger partial charge on any atom is -0.490 e. The molecule has 0 atom stereocenters. The van der Waals surface area contributed by atoms with Gasteiger partial charge in [-0.15, -0.1) is 0 Å². The predicted molar refractivity (Wildman–Crippen MR) is 225 cm³/mol. The molecule has 0 aliphatic carbocycles. The van der Waals surface area contributed by atoms with Crippen LogP contribution >= 0.6 is 23.5 Å². The lowest BCUT2D eigenvalue weighted by molar-refractivity contribution is -0.144. The summed E-state index contributed by atoms with van der Waals surface area (Å²) in [5, 5.41) is 0. The van der Waals surface area contributed by atoms with E-state index in [-0.39, 0.29) is 45.4 Å². The van der Waals surface area contributed by atoms with Gasteiger partial charge < -0.3 is 36.7 Å². The van der Waals surface area contributed by atoms with Crippen LogP contribution in [0.5, 0.6) is 11.5 Å². The average Bonchev–Trinajstić information content (AvgIpc) is 3.14. The quantitative estimate of drug-likeness (QED) is 0.0465. The average molecular weight is 817 g/mol. The van der Waals surface area contributed by atoms with Gasteiger partial charge in [0.05, 0.1) is 12.8 Å². The molecule has 14 heteroatoms. The molecule has 0 bridgehead atoms. The molecule has 0 amide bonds. The molecule has 53 heavy (non-hydrogen) atoms. The van der Waals surface area contributed by atoms with Gasteiger partial charge in [-0.2, -0.15) is 23.5 Å². The van der Waals surface area contributed by atoms with Gasteiger partial charge in [0.15, 0.2) is 0 Å². The molecule has 2 aromatic rings. The van der Waals surface area contributed by atoms with E-state index >= 15 is 0 Å². The van der Waals surface area contributed by atoms with Crippen LogP contribution in [0.2, 0.25) is 25.2 Å². The standard InChI is InChI=1S/C37H60O10S2Si2.2CH4/c1-37(2,31-11-15-33(16-12-31)44-21-23-46-35(38)19-27-48-25-9-29-50(7,40-3)41-4)32-13-17-34(18-14-32)45-22-24-47-36(39)20-28-49-26-10-30-51(8,42-5)43-6;;/h11-18H,9-10,19-30H2,1-8H3;2*1H4. The monoisotopic (exact) mass is 816 g/mol. The third kappa shape index (κ3) is 19.9. The molecule has 0 radical (unpaired) electrons. The smallest absolute Gasteiger partial charge is 0.334 e. The summed E-state index contributed by atoms with van der Waals surface area (Å²) in [7, 11) is 2.80. The maximum Gasteiger partial charge on any atom is 0.334 e. The molecule has 10 nitrogen and oxygen atoms in total. The molecule has 0 saturated carbocycles. The van der Waals surface area contributed by atoms with E-state index in [1.54, 1.807) is 52.0 Å². The van der Waals surface area contributed by atoms with Crippen LogP contribution in [0.15, 0.2) is 48.5 Å². The Hall–Kier alpha value is -2.05. The molecule has 0 N–H and O–H groups in total. The first-order valence-electron chi connectivity index (χ1n) is 17.5. The molecular formula is C39H68O10S2Si2. The van der Waals surface area contributed by atoms with Crippen molar-refractivity contribution in [2.75, 3.05) is 77.9 Å². The zero-order valence-electron chi connectivity index (χ0n) is 31.9. The fourth-order valence-corrected chi connectivity index (χ4v) is 9.98. The minimum absolute atomic E-state index is 0. The molecule has 0 fully saturated rings. The predicted octanol–water partition coefficient (Wildman–Crippen LogP) is 8.89. The highest BCUT2D eigenvalue weighted by Gasteiger charge is 2.28. The van der Waals surface area contributed by atoms with Gasteiger partial charge in [-0.3, -0.25) is 9.59 Å². The van der Waals surface area contributed by atoms with Crippen molar-refractivity contribution in [1.29, 1.82) is 0 Å². The number of hydrogen-bond donors (Lipinski definition) is 0. The molecule has 0 aliphatic heterocycles. The lowest BCUT2D eigenvalue weighted by Gasteiger charge is -2.26. The molecular weight excluding hydrogens is 749 g/mol. The van der Waals surface area contributed by atoms with E-state index in [1.165, 1.54) is 0 Å². The van der Waals surface area contributed by atoms with Gasteiger partial charge in [-0.25, -0.2) is 0 Å². The van der Waals surface area contributed by atoms with Gasteiger partial charge >= 0.3 is 29.1 Å². The second-order valence-corrected chi connectivity index (χ2v) is 22.4. The van der Waals surface area contributed by atoms with Crippen molar-refractivity contribution < 1.29 is 46.2 Å². The van der Waals surface area contributed by atoms with Crippen molar-refractivity contribution in [1.82, 2.24) is 0 Å². The topological polar surface area (TPSA) is 108 Å². The van der Waals surface area contributed by atoms with E-state index < -0.39 is 17.1 Å². The third-order valence-corrected chi connectivity index (χ3v) is 17.0. The summed E-state index contributed by atoms with van der Waals surface area (Å²) in [6.07, 6.45) is 2.78. The first-order valence-corrected chi connectivity index (χ1v) is 24.9. The first kappa shape index (κ1) is 51.0. The lowest BCUT2D eigenvalue weighted by atomic mass is 9.78. The summed E-state index contributed by atoms with van der Waals surface area (Å²) in [5.41, 5.74) is 2.03. The summed E-state index contributed by atoms with van der Waals surface area (Å²) in [6.45, 7) is 9.48. The Morgan fingerprint density at radius 2 is 0.906 bits per heavy atom. The molecule has 304 valence electrons. The molecule has 2 rings (SSSR count). The Morgan fingerprint density at radius 3 is 1.23 bits per heavy atom. The number of hydrogen-bond acceptors (Lipinski definition) is 12. The van der Waals surface area contributed by atoms with E-state index in [1.807, 2.05) is 24.3 Å². The number of carbonyl (C=O) groups is 2. The fourth-order valence-electron chi connectivity index (χ4n) is 4.96. The first-order chi connectivity index (χ1) is 24.4. The molecule has 0 aliphatic rings. The second kappa shape index (κ2) is 27.5. The molecule has 2 aromatic carbocycles. The van der Waals surface area contributed by atoms with Gasteiger partial charge in [-0.1, -0.05) is 53.0 Å². The van der Waals surface area contributed by atoms with Crippen LogP contribution in [0, 0.1) is 0 Å². The van der Waals surface area contributed by atoms with Gasteiger partial charge in [0.1, 0.15) is 37.9 Å². The maximum absolute atomic E-state index is 12.1. The van der Waals surface area contributed by atoms with Crippen molar-refractivity contribution in [3.63, 3.8) is 0 Å². The fraction of sp³-hybridized carbons (Fsp3) is 0.641. The summed E-state index contributed by atoms with van der Waals surface area (Å²) < 4.78 is 44.3. The SMILES string of the molecule is C.C.CO[Si](C)(CCCSCCC(=O)OCCOc1ccc(C(C)(C)c2ccc(OCCOC(=O)CCSCCC[Si](C)(OC)OC)cc2)cc1)OC. The van der Waals surface area contributed by atoms with Crippen LogP contribution in [-0.4, -0.2) is 107 Å². The van der Waals surface area contributed by atoms with Crippen LogP contribution in [0.4, 0.5) is 0 Å². The van der Waals surface area contributed by atoms with E-state index in [9.17, 15) is 9.59 Å². The van der Waals surface area contributed by atoms with E-state index in [0.717, 1.165) is 70.6 Å². The van der Waals surface area contributed by atoms with Crippen molar-refractivity contribution in [3.8, 4) is 11.5 Å². The highest BCUT2D eigenvalue weighted by atomic mass is 32.2. The highest BCUT2D eigenvalue weighted by molar-refractivity contribution is 7.99. The normalized spacial score (nSPS) is 11.6. The number of esters is 2. The van der Waals surface area contributed by atoms with Gasteiger partial charge in [0, 0.05) is 45.4 Å². The largest absolute Gasteiger partial charge is 0.490 e. The summed E-state index contributed by atoms with van der Waals surface area (Å²) in [6, 6.07) is 17.9. The Balaban J connectivity index is 0.0000135. The molecule has 0 saturated heterocycles. The number of benzene rings is 2. The Labute approximate surface area is 331 Å². The number of carbonyl (C=O) groups excluding carboxylic acids is 2. The van der Waals surface area contributed by atoms with E-state index in [0.29, 0.717) is 26.1 Å².